The first-order valence-electron chi connectivity index (χ1n) is 6.44. The quantitative estimate of drug-likeness (QED) is 0.810. The molecule has 1 unspecified atom stereocenters. The van der Waals surface area contributed by atoms with Crippen LogP contribution >= 0.6 is 34.9 Å². The molecular weight excluding hydrogens is 308 g/mol. The zero-order chi connectivity index (χ0) is 14.5. The van der Waals surface area contributed by atoms with Crippen LogP contribution < -0.4 is 0 Å². The van der Waals surface area contributed by atoms with Gasteiger partial charge in [0.15, 0.2) is 8.68 Å². The van der Waals surface area contributed by atoms with E-state index in [4.69, 9.17) is 0 Å². The minimum absolute atomic E-state index is 0.468. The summed E-state index contributed by atoms with van der Waals surface area (Å²) in [5.74, 6) is 1.61. The highest BCUT2D eigenvalue weighted by Crippen LogP contribution is 2.31. The van der Waals surface area contributed by atoms with Gasteiger partial charge in [-0.05, 0) is 25.2 Å². The summed E-state index contributed by atoms with van der Waals surface area (Å²) in [7, 11) is 0. The molecular formula is C14H18N2OS3. The zero-order valence-electron chi connectivity index (χ0n) is 11.8. The lowest BCUT2D eigenvalue weighted by molar-refractivity contribution is 0.204. The molecule has 1 aromatic carbocycles. The van der Waals surface area contributed by atoms with Gasteiger partial charge >= 0.3 is 0 Å². The van der Waals surface area contributed by atoms with Crippen LogP contribution in [-0.4, -0.2) is 26.8 Å². The zero-order valence-corrected chi connectivity index (χ0v) is 14.2. The Hall–Kier alpha value is -0.560. The first-order chi connectivity index (χ1) is 9.58. The van der Waals surface area contributed by atoms with Gasteiger partial charge in [0.2, 0.25) is 0 Å². The molecule has 0 amide bonds. The van der Waals surface area contributed by atoms with Crippen molar-refractivity contribution < 1.29 is 5.11 Å². The minimum atomic E-state index is -0.468. The number of aliphatic hydroxyl groups is 1. The van der Waals surface area contributed by atoms with E-state index in [2.05, 4.69) is 37.0 Å². The van der Waals surface area contributed by atoms with Crippen LogP contribution in [0.2, 0.25) is 0 Å². The first-order valence-corrected chi connectivity index (χ1v) is 9.22. The largest absolute Gasteiger partial charge is 0.388 e. The molecule has 0 saturated carbocycles. The molecule has 1 heterocycles. The van der Waals surface area contributed by atoms with Gasteiger partial charge in [-0.1, -0.05) is 71.1 Å². The predicted molar refractivity (Wildman–Crippen MR) is 87.9 cm³/mol. The topological polar surface area (TPSA) is 46.0 Å². The summed E-state index contributed by atoms with van der Waals surface area (Å²) in [6.45, 7) is 6.20. The van der Waals surface area contributed by atoms with Gasteiger partial charge in [-0.25, -0.2) is 0 Å². The Bertz CT molecular complexity index is 551. The smallest absolute Gasteiger partial charge is 0.175 e. The van der Waals surface area contributed by atoms with Gasteiger partial charge in [-0.15, -0.1) is 10.2 Å². The standard InChI is InChI=1S/C14H18N2OS3/c1-4-18-13-15-16-14(20-13)19-8-12(17)11-6-9(2)5-10(3)7-11/h5-7,12,17H,4,8H2,1-3H3. The van der Waals surface area contributed by atoms with Crippen LogP contribution in [0.25, 0.3) is 0 Å². The lowest BCUT2D eigenvalue weighted by atomic mass is 10.0. The highest BCUT2D eigenvalue weighted by Gasteiger charge is 2.12. The summed E-state index contributed by atoms with van der Waals surface area (Å²) in [4.78, 5) is 0. The summed E-state index contributed by atoms with van der Waals surface area (Å²) in [6, 6.07) is 6.19. The van der Waals surface area contributed by atoms with E-state index in [-0.39, 0.29) is 0 Å². The molecule has 6 heteroatoms. The van der Waals surface area contributed by atoms with Crippen LogP contribution in [0.15, 0.2) is 26.9 Å². The summed E-state index contributed by atoms with van der Waals surface area (Å²) in [6.07, 6.45) is -0.468. The predicted octanol–water partition coefficient (Wildman–Crippen LogP) is 4.09. The van der Waals surface area contributed by atoms with Gasteiger partial charge in [0.1, 0.15) is 0 Å². The Morgan fingerprint density at radius 1 is 1.10 bits per heavy atom. The van der Waals surface area contributed by atoms with Crippen molar-refractivity contribution in [1.82, 2.24) is 10.2 Å². The van der Waals surface area contributed by atoms with Gasteiger partial charge in [0.05, 0.1) is 6.10 Å². The highest BCUT2D eigenvalue weighted by atomic mass is 32.2. The first kappa shape index (κ1) is 15.8. The van der Waals surface area contributed by atoms with Crippen LogP contribution in [0.1, 0.15) is 29.7 Å². The average Bonchev–Trinajstić information content (AvgIpc) is 2.83. The molecule has 0 radical (unpaired) electrons. The summed E-state index contributed by atoms with van der Waals surface area (Å²) >= 11 is 4.86. The Balaban J connectivity index is 1.95. The van der Waals surface area contributed by atoms with Crippen molar-refractivity contribution in [3.63, 3.8) is 0 Å². The van der Waals surface area contributed by atoms with Crippen LogP contribution in [0.3, 0.4) is 0 Å². The molecule has 20 heavy (non-hydrogen) atoms. The van der Waals surface area contributed by atoms with E-state index >= 15 is 0 Å². The van der Waals surface area contributed by atoms with Crippen molar-refractivity contribution in [3.05, 3.63) is 34.9 Å². The Morgan fingerprint density at radius 3 is 2.30 bits per heavy atom. The second-order valence-electron chi connectivity index (χ2n) is 4.51. The van der Waals surface area contributed by atoms with Crippen molar-refractivity contribution in [2.45, 2.75) is 35.6 Å². The van der Waals surface area contributed by atoms with Gasteiger partial charge in [-0.3, -0.25) is 0 Å². The number of rotatable bonds is 6. The van der Waals surface area contributed by atoms with Crippen molar-refractivity contribution in [2.75, 3.05) is 11.5 Å². The van der Waals surface area contributed by atoms with Crippen LogP contribution in [-0.2, 0) is 0 Å². The number of hydrogen-bond acceptors (Lipinski definition) is 6. The van der Waals surface area contributed by atoms with E-state index < -0.39 is 6.10 Å². The molecule has 0 spiro atoms. The molecule has 0 fully saturated rings. The number of thioether (sulfide) groups is 2. The molecule has 0 aliphatic heterocycles. The molecule has 1 aromatic heterocycles. The van der Waals surface area contributed by atoms with Crippen LogP contribution in [0.5, 0.6) is 0 Å². The Morgan fingerprint density at radius 2 is 1.70 bits per heavy atom. The molecule has 0 aliphatic carbocycles. The number of aliphatic hydroxyl groups excluding tert-OH is 1. The maximum atomic E-state index is 10.3. The van der Waals surface area contributed by atoms with Crippen molar-refractivity contribution >= 4 is 34.9 Å². The number of aromatic nitrogens is 2. The highest BCUT2D eigenvalue weighted by molar-refractivity contribution is 8.03. The average molecular weight is 327 g/mol. The van der Waals surface area contributed by atoms with Crippen molar-refractivity contribution in [3.8, 4) is 0 Å². The van der Waals surface area contributed by atoms with E-state index in [0.29, 0.717) is 5.75 Å². The number of benzene rings is 1. The Labute approximate surface area is 132 Å². The lowest BCUT2D eigenvalue weighted by Gasteiger charge is -2.11. The van der Waals surface area contributed by atoms with E-state index in [1.807, 2.05) is 12.1 Å². The SMILES string of the molecule is CCSc1nnc(SCC(O)c2cc(C)cc(C)c2)s1. The second-order valence-corrected chi connectivity index (χ2v) is 8.27. The maximum absolute atomic E-state index is 10.3. The molecule has 2 aromatic rings. The molecule has 1 N–H and O–H groups in total. The monoisotopic (exact) mass is 326 g/mol. The van der Waals surface area contributed by atoms with Crippen molar-refractivity contribution in [2.24, 2.45) is 0 Å². The lowest BCUT2D eigenvalue weighted by Crippen LogP contribution is -2.01. The van der Waals surface area contributed by atoms with Crippen molar-refractivity contribution in [1.29, 1.82) is 0 Å². The number of hydrogen-bond donors (Lipinski definition) is 1. The molecule has 0 aliphatic rings. The minimum Gasteiger partial charge on any atom is -0.388 e. The fourth-order valence-electron chi connectivity index (χ4n) is 1.89. The maximum Gasteiger partial charge on any atom is 0.175 e. The molecule has 0 bridgehead atoms. The number of aryl methyl sites for hydroxylation is 2. The summed E-state index contributed by atoms with van der Waals surface area (Å²) in [5, 5.41) is 18.5. The molecule has 108 valence electrons. The normalized spacial score (nSPS) is 12.6. The molecule has 0 saturated heterocycles. The second kappa shape index (κ2) is 7.45. The summed E-state index contributed by atoms with van der Waals surface area (Å²) in [5.41, 5.74) is 3.34. The van der Waals surface area contributed by atoms with E-state index in [9.17, 15) is 5.11 Å². The van der Waals surface area contributed by atoms with Gasteiger partial charge < -0.3 is 5.11 Å². The summed E-state index contributed by atoms with van der Waals surface area (Å²) < 4.78 is 1.92. The molecule has 3 nitrogen and oxygen atoms in total. The fourth-order valence-corrected chi connectivity index (χ4v) is 4.80. The third-order valence-corrected chi connectivity index (χ3v) is 5.80. The van der Waals surface area contributed by atoms with Crippen LogP contribution in [0, 0.1) is 13.8 Å². The fraction of sp³-hybridized carbons (Fsp3) is 0.429. The molecule has 1 atom stereocenters. The third-order valence-electron chi connectivity index (χ3n) is 2.65. The van der Waals surface area contributed by atoms with Gasteiger partial charge in [0, 0.05) is 5.75 Å². The van der Waals surface area contributed by atoms with Gasteiger partial charge in [-0.2, -0.15) is 0 Å². The van der Waals surface area contributed by atoms with E-state index in [1.165, 1.54) is 11.1 Å². The Kier molecular flexibility index (Phi) is 5.89. The third kappa shape index (κ3) is 4.48. The van der Waals surface area contributed by atoms with E-state index in [1.54, 1.807) is 34.9 Å². The molecule has 2 rings (SSSR count). The van der Waals surface area contributed by atoms with Crippen LogP contribution in [0.4, 0.5) is 0 Å². The van der Waals surface area contributed by atoms with E-state index in [0.717, 1.165) is 20.0 Å². The number of nitrogens with zero attached hydrogens (tertiary/aromatic N) is 2. The van der Waals surface area contributed by atoms with Gasteiger partial charge in [0.25, 0.3) is 0 Å².